The van der Waals surface area contributed by atoms with Crippen LogP contribution in [0.1, 0.15) is 39.5 Å². The van der Waals surface area contributed by atoms with Gasteiger partial charge in [0.15, 0.2) is 9.84 Å². The fourth-order valence-corrected chi connectivity index (χ4v) is 4.79. The van der Waals surface area contributed by atoms with Crippen molar-refractivity contribution in [3.05, 3.63) is 0 Å². The van der Waals surface area contributed by atoms with Gasteiger partial charge in [-0.15, -0.1) is 0 Å². The lowest BCUT2D eigenvalue weighted by molar-refractivity contribution is 0.259. The lowest BCUT2D eigenvalue weighted by Gasteiger charge is -2.23. The largest absolute Gasteiger partial charge is 0.312 e. The van der Waals surface area contributed by atoms with Gasteiger partial charge in [0.2, 0.25) is 0 Å². The van der Waals surface area contributed by atoms with Gasteiger partial charge in [-0.25, -0.2) is 8.42 Å². The molecule has 0 aliphatic carbocycles. The summed E-state index contributed by atoms with van der Waals surface area (Å²) in [5.41, 5.74) is 0.488. The SMILES string of the molecule is CC1(C)CCCN(CCNC2CCS(=O)(=O)C2)CC1. The van der Waals surface area contributed by atoms with E-state index in [9.17, 15) is 8.42 Å². The van der Waals surface area contributed by atoms with Crippen LogP contribution in [0.25, 0.3) is 0 Å². The molecule has 2 aliphatic heterocycles. The van der Waals surface area contributed by atoms with Gasteiger partial charge in [0.25, 0.3) is 0 Å². The summed E-state index contributed by atoms with van der Waals surface area (Å²) in [5, 5.41) is 3.40. The third kappa shape index (κ3) is 5.04. The fraction of sp³-hybridized carbons (Fsp3) is 1.00. The molecular weight excluding hydrogens is 260 g/mol. The van der Waals surface area contributed by atoms with E-state index < -0.39 is 9.84 Å². The van der Waals surface area contributed by atoms with E-state index in [-0.39, 0.29) is 6.04 Å². The van der Waals surface area contributed by atoms with E-state index in [2.05, 4.69) is 24.1 Å². The van der Waals surface area contributed by atoms with E-state index in [0.717, 1.165) is 19.5 Å². The standard InChI is InChI=1S/C14H28N2O2S/c1-14(2)5-3-8-16(9-6-14)10-7-15-13-4-11-19(17,18)12-13/h13,15H,3-12H2,1-2H3. The predicted octanol–water partition coefficient (Wildman–Crippen LogP) is 1.28. The highest BCUT2D eigenvalue weighted by atomic mass is 32.2. The monoisotopic (exact) mass is 288 g/mol. The Labute approximate surface area is 117 Å². The molecule has 0 amide bonds. The van der Waals surface area contributed by atoms with Gasteiger partial charge in [0, 0.05) is 19.1 Å². The van der Waals surface area contributed by atoms with Crippen LogP contribution >= 0.6 is 0 Å². The highest BCUT2D eigenvalue weighted by Crippen LogP contribution is 2.29. The third-order valence-electron chi connectivity index (χ3n) is 4.53. The molecule has 0 aromatic carbocycles. The Morgan fingerprint density at radius 3 is 2.74 bits per heavy atom. The van der Waals surface area contributed by atoms with Crippen molar-refractivity contribution < 1.29 is 8.42 Å². The molecule has 0 aromatic heterocycles. The molecule has 5 heteroatoms. The maximum atomic E-state index is 11.4. The number of hydrogen-bond acceptors (Lipinski definition) is 4. The molecule has 2 saturated heterocycles. The van der Waals surface area contributed by atoms with Crippen LogP contribution in [0, 0.1) is 5.41 Å². The summed E-state index contributed by atoms with van der Waals surface area (Å²) in [7, 11) is -2.75. The van der Waals surface area contributed by atoms with Gasteiger partial charge in [-0.1, -0.05) is 13.8 Å². The predicted molar refractivity (Wildman–Crippen MR) is 79.1 cm³/mol. The zero-order valence-corrected chi connectivity index (χ0v) is 13.1. The quantitative estimate of drug-likeness (QED) is 0.846. The normalized spacial score (nSPS) is 31.2. The van der Waals surface area contributed by atoms with Gasteiger partial charge >= 0.3 is 0 Å². The molecule has 4 nitrogen and oxygen atoms in total. The highest BCUT2D eigenvalue weighted by Gasteiger charge is 2.27. The van der Waals surface area contributed by atoms with E-state index in [4.69, 9.17) is 0 Å². The maximum Gasteiger partial charge on any atom is 0.151 e. The molecule has 2 heterocycles. The Morgan fingerprint density at radius 2 is 2.05 bits per heavy atom. The average Bonchev–Trinajstić information content (AvgIpc) is 2.54. The van der Waals surface area contributed by atoms with Crippen LogP contribution in [-0.2, 0) is 9.84 Å². The second-order valence-electron chi connectivity index (χ2n) is 6.91. The molecule has 1 unspecified atom stereocenters. The van der Waals surface area contributed by atoms with Crippen LogP contribution < -0.4 is 5.32 Å². The molecule has 0 spiro atoms. The molecule has 0 saturated carbocycles. The minimum atomic E-state index is -2.75. The molecule has 2 rings (SSSR count). The van der Waals surface area contributed by atoms with Gasteiger partial charge in [-0.3, -0.25) is 0 Å². The van der Waals surface area contributed by atoms with Gasteiger partial charge < -0.3 is 10.2 Å². The van der Waals surface area contributed by atoms with Crippen molar-refractivity contribution >= 4 is 9.84 Å². The van der Waals surface area contributed by atoms with Crippen molar-refractivity contribution in [3.8, 4) is 0 Å². The molecule has 1 N–H and O–H groups in total. The zero-order chi connectivity index (χ0) is 13.9. The Morgan fingerprint density at radius 1 is 1.26 bits per heavy atom. The van der Waals surface area contributed by atoms with Crippen molar-refractivity contribution in [2.75, 3.05) is 37.7 Å². The zero-order valence-electron chi connectivity index (χ0n) is 12.3. The summed E-state index contributed by atoms with van der Waals surface area (Å²) in [4.78, 5) is 2.52. The first kappa shape index (κ1) is 15.3. The van der Waals surface area contributed by atoms with Gasteiger partial charge in [-0.05, 0) is 44.2 Å². The topological polar surface area (TPSA) is 49.4 Å². The van der Waals surface area contributed by atoms with E-state index in [0.29, 0.717) is 16.9 Å². The Hall–Kier alpha value is -0.130. The van der Waals surface area contributed by atoms with Crippen molar-refractivity contribution in [2.45, 2.75) is 45.6 Å². The van der Waals surface area contributed by atoms with E-state index in [1.54, 1.807) is 0 Å². The van der Waals surface area contributed by atoms with E-state index >= 15 is 0 Å². The van der Waals surface area contributed by atoms with Crippen molar-refractivity contribution in [1.29, 1.82) is 0 Å². The summed E-state index contributed by atoms with van der Waals surface area (Å²) in [6.45, 7) is 9.05. The van der Waals surface area contributed by atoms with Crippen LogP contribution in [0.4, 0.5) is 0 Å². The molecule has 2 aliphatic rings. The Balaban J connectivity index is 1.66. The molecule has 0 bridgehead atoms. The summed E-state index contributed by atoms with van der Waals surface area (Å²) < 4.78 is 22.7. The molecule has 0 aromatic rings. The van der Waals surface area contributed by atoms with Gasteiger partial charge in [0.1, 0.15) is 0 Å². The Kier molecular flexibility index (Phi) is 4.90. The second-order valence-corrected chi connectivity index (χ2v) is 9.14. The van der Waals surface area contributed by atoms with Gasteiger partial charge in [0.05, 0.1) is 11.5 Å². The Bertz CT molecular complexity index is 392. The first-order chi connectivity index (χ1) is 8.86. The molecule has 0 radical (unpaired) electrons. The van der Waals surface area contributed by atoms with Crippen molar-refractivity contribution in [2.24, 2.45) is 5.41 Å². The average molecular weight is 288 g/mol. The minimum absolute atomic E-state index is 0.188. The molecule has 2 fully saturated rings. The number of likely N-dealkylation sites (tertiary alicyclic amines) is 1. The summed E-state index contributed by atoms with van der Waals surface area (Å²) in [6, 6.07) is 0.188. The molecule has 19 heavy (non-hydrogen) atoms. The number of sulfone groups is 1. The fourth-order valence-electron chi connectivity index (χ4n) is 3.09. The van der Waals surface area contributed by atoms with E-state index in [1.807, 2.05) is 0 Å². The lowest BCUT2D eigenvalue weighted by atomic mass is 9.85. The number of rotatable bonds is 4. The minimum Gasteiger partial charge on any atom is -0.312 e. The highest BCUT2D eigenvalue weighted by molar-refractivity contribution is 7.91. The number of nitrogens with zero attached hydrogens (tertiary/aromatic N) is 1. The molecular formula is C14H28N2O2S. The van der Waals surface area contributed by atoms with Gasteiger partial charge in [-0.2, -0.15) is 0 Å². The van der Waals surface area contributed by atoms with Crippen LogP contribution in [0.2, 0.25) is 0 Å². The van der Waals surface area contributed by atoms with Crippen LogP contribution in [0.5, 0.6) is 0 Å². The van der Waals surface area contributed by atoms with Crippen molar-refractivity contribution in [3.63, 3.8) is 0 Å². The number of hydrogen-bond donors (Lipinski definition) is 1. The first-order valence-electron chi connectivity index (χ1n) is 7.53. The van der Waals surface area contributed by atoms with Crippen LogP contribution in [-0.4, -0.2) is 57.0 Å². The van der Waals surface area contributed by atoms with Crippen molar-refractivity contribution in [1.82, 2.24) is 10.2 Å². The second kappa shape index (κ2) is 6.10. The van der Waals surface area contributed by atoms with Crippen LogP contribution in [0.15, 0.2) is 0 Å². The van der Waals surface area contributed by atoms with Crippen LogP contribution in [0.3, 0.4) is 0 Å². The lowest BCUT2D eigenvalue weighted by Crippen LogP contribution is -2.38. The smallest absolute Gasteiger partial charge is 0.151 e. The summed E-state index contributed by atoms with van der Waals surface area (Å²) in [6.07, 6.45) is 4.66. The molecule has 1 atom stereocenters. The number of nitrogens with one attached hydrogen (secondary N) is 1. The summed E-state index contributed by atoms with van der Waals surface area (Å²) in [5.74, 6) is 0.697. The van der Waals surface area contributed by atoms with E-state index in [1.165, 1.54) is 32.4 Å². The maximum absolute atomic E-state index is 11.4. The third-order valence-corrected chi connectivity index (χ3v) is 6.29. The first-order valence-corrected chi connectivity index (χ1v) is 9.35. The molecule has 112 valence electrons. The summed E-state index contributed by atoms with van der Waals surface area (Å²) >= 11 is 0.